The molecule has 1 N–H and O–H groups in total. The Balaban J connectivity index is 2.99. The van der Waals surface area contributed by atoms with Gasteiger partial charge in [-0.05, 0) is 13.5 Å². The molecule has 0 aliphatic rings. The fourth-order valence-electron chi connectivity index (χ4n) is 1.41. The first-order valence-electron chi connectivity index (χ1n) is 7.41. The van der Waals surface area contributed by atoms with E-state index in [0.717, 1.165) is 19.6 Å². The Morgan fingerprint density at radius 2 is 1.15 bits per heavy atom. The molecular formula is C14H31NO5. The Hall–Kier alpha value is -0.240. The van der Waals surface area contributed by atoms with Gasteiger partial charge < -0.3 is 29.0 Å². The lowest BCUT2D eigenvalue weighted by Gasteiger charge is -2.14. The lowest BCUT2D eigenvalue weighted by Crippen LogP contribution is -2.26. The van der Waals surface area contributed by atoms with E-state index in [1.54, 1.807) is 0 Å². The fraction of sp³-hybridized carbons (Fsp3) is 1.00. The van der Waals surface area contributed by atoms with Gasteiger partial charge in [-0.3, -0.25) is 0 Å². The van der Waals surface area contributed by atoms with Crippen LogP contribution >= 0.6 is 0 Å². The van der Waals surface area contributed by atoms with Crippen LogP contribution in [0.5, 0.6) is 0 Å². The molecule has 122 valence electrons. The summed E-state index contributed by atoms with van der Waals surface area (Å²) in [5.74, 6) is 0. The van der Waals surface area contributed by atoms with Crippen molar-refractivity contribution in [2.24, 2.45) is 0 Å². The molecule has 0 bridgehead atoms. The number of aliphatic hydroxyl groups excluding tert-OH is 1. The molecule has 0 rings (SSSR count). The van der Waals surface area contributed by atoms with E-state index in [2.05, 4.69) is 6.92 Å². The molecule has 0 unspecified atom stereocenters. The van der Waals surface area contributed by atoms with Crippen molar-refractivity contribution in [1.82, 2.24) is 4.90 Å². The highest BCUT2D eigenvalue weighted by Crippen LogP contribution is 1.85. The summed E-state index contributed by atoms with van der Waals surface area (Å²) < 4.78 is 21.4. The average Bonchev–Trinajstić information content (AvgIpc) is 2.44. The minimum absolute atomic E-state index is 0.184. The highest BCUT2D eigenvalue weighted by atomic mass is 16.6. The standard InChI is InChI=1S/C14H31NO5/c1-3-7-17-9-11-19-13-14-20-12-10-18-8-5-15(2)4-6-16/h16H,3-14H2,1-2H3. The molecule has 0 aliphatic heterocycles. The zero-order chi connectivity index (χ0) is 14.9. The third-order valence-corrected chi connectivity index (χ3v) is 2.56. The summed E-state index contributed by atoms with van der Waals surface area (Å²) >= 11 is 0. The van der Waals surface area contributed by atoms with Gasteiger partial charge in [0.05, 0.1) is 52.9 Å². The van der Waals surface area contributed by atoms with Gasteiger partial charge in [0.1, 0.15) is 0 Å². The first kappa shape index (κ1) is 19.8. The van der Waals surface area contributed by atoms with Gasteiger partial charge in [-0.15, -0.1) is 0 Å². The van der Waals surface area contributed by atoms with Crippen molar-refractivity contribution in [2.75, 3.05) is 79.6 Å². The van der Waals surface area contributed by atoms with E-state index >= 15 is 0 Å². The second-order valence-corrected chi connectivity index (χ2v) is 4.48. The Bertz CT molecular complexity index is 183. The summed E-state index contributed by atoms with van der Waals surface area (Å²) in [6.07, 6.45) is 1.04. The van der Waals surface area contributed by atoms with Crippen LogP contribution in [0.25, 0.3) is 0 Å². The molecule has 0 atom stereocenters. The number of hydrogen-bond donors (Lipinski definition) is 1. The van der Waals surface area contributed by atoms with Gasteiger partial charge in [-0.25, -0.2) is 0 Å². The first-order chi connectivity index (χ1) is 9.81. The molecule has 0 aromatic rings. The van der Waals surface area contributed by atoms with Crippen molar-refractivity contribution < 1.29 is 24.1 Å². The predicted octanol–water partition coefficient (Wildman–Crippen LogP) is 0.387. The second-order valence-electron chi connectivity index (χ2n) is 4.48. The van der Waals surface area contributed by atoms with Crippen LogP contribution in [-0.4, -0.2) is 89.6 Å². The van der Waals surface area contributed by atoms with E-state index < -0.39 is 0 Å². The van der Waals surface area contributed by atoms with Crippen LogP contribution in [0.1, 0.15) is 13.3 Å². The summed E-state index contributed by atoms with van der Waals surface area (Å²) in [4.78, 5) is 2.02. The molecule has 0 amide bonds. The Morgan fingerprint density at radius 1 is 0.700 bits per heavy atom. The minimum atomic E-state index is 0.184. The molecule has 0 aliphatic carbocycles. The molecular weight excluding hydrogens is 262 g/mol. The SMILES string of the molecule is CCCOCCOCCOCCOCCN(C)CCO. The van der Waals surface area contributed by atoms with Gasteiger partial charge in [0.15, 0.2) is 0 Å². The summed E-state index contributed by atoms with van der Waals surface area (Å²) in [6, 6.07) is 0. The van der Waals surface area contributed by atoms with Crippen LogP contribution in [0.4, 0.5) is 0 Å². The van der Waals surface area contributed by atoms with Crippen molar-refractivity contribution in [3.05, 3.63) is 0 Å². The van der Waals surface area contributed by atoms with Crippen LogP contribution in [-0.2, 0) is 18.9 Å². The predicted molar refractivity (Wildman–Crippen MR) is 78.1 cm³/mol. The quantitative estimate of drug-likeness (QED) is 0.415. The lowest BCUT2D eigenvalue weighted by atomic mass is 10.5. The Kier molecular flexibility index (Phi) is 16.6. The molecule has 6 heteroatoms. The van der Waals surface area contributed by atoms with Crippen LogP contribution < -0.4 is 0 Å². The van der Waals surface area contributed by atoms with E-state index in [-0.39, 0.29) is 6.61 Å². The molecule has 0 aromatic carbocycles. The second kappa shape index (κ2) is 16.8. The molecule has 0 heterocycles. The summed E-state index contributed by atoms with van der Waals surface area (Å²) in [5.41, 5.74) is 0. The maximum Gasteiger partial charge on any atom is 0.0701 e. The van der Waals surface area contributed by atoms with Crippen LogP contribution in [0.2, 0.25) is 0 Å². The van der Waals surface area contributed by atoms with Gasteiger partial charge in [0, 0.05) is 19.7 Å². The third kappa shape index (κ3) is 15.8. The van der Waals surface area contributed by atoms with Crippen molar-refractivity contribution in [2.45, 2.75) is 13.3 Å². The number of likely N-dealkylation sites (N-methyl/N-ethyl adjacent to an activating group) is 1. The highest BCUT2D eigenvalue weighted by molar-refractivity contribution is 4.48. The van der Waals surface area contributed by atoms with E-state index in [1.807, 2.05) is 11.9 Å². The topological polar surface area (TPSA) is 60.4 Å². The van der Waals surface area contributed by atoms with E-state index in [0.29, 0.717) is 52.8 Å². The lowest BCUT2D eigenvalue weighted by molar-refractivity contribution is -0.00348. The average molecular weight is 293 g/mol. The molecule has 0 saturated carbocycles. The smallest absolute Gasteiger partial charge is 0.0701 e. The van der Waals surface area contributed by atoms with Gasteiger partial charge in [0.2, 0.25) is 0 Å². The van der Waals surface area contributed by atoms with Gasteiger partial charge in [-0.2, -0.15) is 0 Å². The van der Waals surface area contributed by atoms with Gasteiger partial charge in [-0.1, -0.05) is 6.92 Å². The number of nitrogens with zero attached hydrogens (tertiary/aromatic N) is 1. The summed E-state index contributed by atoms with van der Waals surface area (Å²) in [7, 11) is 1.96. The fourth-order valence-corrected chi connectivity index (χ4v) is 1.41. The van der Waals surface area contributed by atoms with Gasteiger partial charge >= 0.3 is 0 Å². The highest BCUT2D eigenvalue weighted by Gasteiger charge is 1.96. The minimum Gasteiger partial charge on any atom is -0.395 e. The van der Waals surface area contributed by atoms with E-state index in [1.165, 1.54) is 0 Å². The maximum atomic E-state index is 8.72. The molecule has 0 spiro atoms. The number of aliphatic hydroxyl groups is 1. The van der Waals surface area contributed by atoms with Crippen LogP contribution in [0.3, 0.4) is 0 Å². The normalized spacial score (nSPS) is 11.4. The largest absolute Gasteiger partial charge is 0.395 e. The zero-order valence-corrected chi connectivity index (χ0v) is 13.0. The zero-order valence-electron chi connectivity index (χ0n) is 13.0. The Labute approximate surface area is 122 Å². The van der Waals surface area contributed by atoms with Crippen molar-refractivity contribution in [1.29, 1.82) is 0 Å². The molecule has 0 fully saturated rings. The van der Waals surface area contributed by atoms with Crippen LogP contribution in [0, 0.1) is 0 Å². The van der Waals surface area contributed by atoms with Crippen molar-refractivity contribution in [3.63, 3.8) is 0 Å². The number of hydrogen-bond acceptors (Lipinski definition) is 6. The summed E-state index contributed by atoms with van der Waals surface area (Å²) in [6.45, 7) is 8.85. The monoisotopic (exact) mass is 293 g/mol. The van der Waals surface area contributed by atoms with Gasteiger partial charge in [0.25, 0.3) is 0 Å². The molecule has 0 aromatic heterocycles. The Morgan fingerprint density at radius 3 is 1.60 bits per heavy atom. The molecule has 20 heavy (non-hydrogen) atoms. The van der Waals surface area contributed by atoms with E-state index in [4.69, 9.17) is 24.1 Å². The number of ether oxygens (including phenoxy) is 4. The first-order valence-corrected chi connectivity index (χ1v) is 7.41. The molecule has 0 saturated heterocycles. The van der Waals surface area contributed by atoms with Crippen LogP contribution in [0.15, 0.2) is 0 Å². The number of rotatable bonds is 16. The third-order valence-electron chi connectivity index (χ3n) is 2.56. The van der Waals surface area contributed by atoms with Crippen molar-refractivity contribution in [3.8, 4) is 0 Å². The van der Waals surface area contributed by atoms with E-state index in [9.17, 15) is 0 Å². The summed E-state index contributed by atoms with van der Waals surface area (Å²) in [5, 5.41) is 8.72. The molecule has 6 nitrogen and oxygen atoms in total. The molecule has 0 radical (unpaired) electrons. The maximum absolute atomic E-state index is 8.72. The van der Waals surface area contributed by atoms with Crippen molar-refractivity contribution >= 4 is 0 Å².